The maximum absolute atomic E-state index is 2.44. The maximum atomic E-state index is 2.44. The van der Waals surface area contributed by atoms with E-state index in [-0.39, 0.29) is 0 Å². The molecule has 0 aliphatic carbocycles. The van der Waals surface area contributed by atoms with Crippen molar-refractivity contribution in [3.63, 3.8) is 0 Å². The lowest BCUT2D eigenvalue weighted by Gasteiger charge is -2.35. The SMILES string of the molecule is CC1CN(CI)C1. The first-order valence-electron chi connectivity index (χ1n) is 2.61. The van der Waals surface area contributed by atoms with Crippen LogP contribution in [0.25, 0.3) is 0 Å². The molecule has 0 bridgehead atoms. The molecule has 0 unspecified atom stereocenters. The zero-order chi connectivity index (χ0) is 5.28. The molecule has 0 aromatic heterocycles. The number of likely N-dealkylation sites (tertiary alicyclic amines) is 1. The Hall–Kier alpha value is 0.690. The van der Waals surface area contributed by atoms with Crippen molar-refractivity contribution in [2.45, 2.75) is 6.92 Å². The van der Waals surface area contributed by atoms with Gasteiger partial charge in [-0.25, -0.2) is 0 Å². The summed E-state index contributed by atoms with van der Waals surface area (Å²) in [6.07, 6.45) is 0. The van der Waals surface area contributed by atoms with E-state index in [9.17, 15) is 0 Å². The Kier molecular flexibility index (Phi) is 1.92. The monoisotopic (exact) mass is 211 g/mol. The fourth-order valence-electron chi connectivity index (χ4n) is 0.926. The molecular formula is C5H10IN. The third-order valence-electron chi connectivity index (χ3n) is 1.31. The van der Waals surface area contributed by atoms with E-state index in [0.29, 0.717) is 0 Å². The minimum atomic E-state index is 0.967. The standard InChI is InChI=1S/C5H10IN/c1-5-2-7(3-5)4-6/h5H,2-4H2,1H3. The highest BCUT2D eigenvalue weighted by atomic mass is 127. The maximum Gasteiger partial charge on any atom is 0.0505 e. The van der Waals surface area contributed by atoms with Gasteiger partial charge in [0.15, 0.2) is 0 Å². The van der Waals surface area contributed by atoms with Crippen molar-refractivity contribution in [1.82, 2.24) is 4.90 Å². The Morgan fingerprint density at radius 3 is 2.43 bits per heavy atom. The van der Waals surface area contributed by atoms with Gasteiger partial charge in [-0.3, -0.25) is 4.90 Å². The number of alkyl halides is 1. The summed E-state index contributed by atoms with van der Waals surface area (Å²) in [5.41, 5.74) is 0. The van der Waals surface area contributed by atoms with Crippen molar-refractivity contribution in [1.29, 1.82) is 0 Å². The third kappa shape index (κ3) is 1.29. The Morgan fingerprint density at radius 1 is 1.71 bits per heavy atom. The van der Waals surface area contributed by atoms with E-state index in [1.165, 1.54) is 17.6 Å². The van der Waals surface area contributed by atoms with Crippen LogP contribution in [-0.2, 0) is 0 Å². The van der Waals surface area contributed by atoms with Gasteiger partial charge < -0.3 is 0 Å². The van der Waals surface area contributed by atoms with Gasteiger partial charge in [0.2, 0.25) is 0 Å². The van der Waals surface area contributed by atoms with E-state index in [1.54, 1.807) is 0 Å². The van der Waals surface area contributed by atoms with Crippen LogP contribution in [0.5, 0.6) is 0 Å². The Morgan fingerprint density at radius 2 is 2.29 bits per heavy atom. The van der Waals surface area contributed by atoms with Gasteiger partial charge in [0.05, 0.1) is 4.55 Å². The number of hydrogen-bond donors (Lipinski definition) is 0. The zero-order valence-corrected chi connectivity index (χ0v) is 6.68. The first-order chi connectivity index (χ1) is 3.33. The van der Waals surface area contributed by atoms with E-state index in [2.05, 4.69) is 34.4 Å². The molecule has 0 saturated carbocycles. The molecule has 42 valence electrons. The number of hydrogen-bond acceptors (Lipinski definition) is 1. The number of nitrogens with zero attached hydrogens (tertiary/aromatic N) is 1. The largest absolute Gasteiger partial charge is 0.294 e. The van der Waals surface area contributed by atoms with Crippen molar-refractivity contribution in [3.05, 3.63) is 0 Å². The van der Waals surface area contributed by atoms with Crippen molar-refractivity contribution >= 4 is 22.6 Å². The smallest absolute Gasteiger partial charge is 0.0505 e. The zero-order valence-electron chi connectivity index (χ0n) is 4.52. The summed E-state index contributed by atoms with van der Waals surface area (Å²) < 4.78 is 1.21. The van der Waals surface area contributed by atoms with Crippen LogP contribution >= 0.6 is 22.6 Å². The Labute approximate surface area is 58.2 Å². The molecule has 0 aromatic rings. The van der Waals surface area contributed by atoms with Crippen LogP contribution in [0.2, 0.25) is 0 Å². The highest BCUT2D eigenvalue weighted by Crippen LogP contribution is 2.14. The number of rotatable bonds is 1. The molecule has 7 heavy (non-hydrogen) atoms. The van der Waals surface area contributed by atoms with Gasteiger partial charge in [-0.15, -0.1) is 0 Å². The molecule has 1 aliphatic rings. The molecule has 1 rings (SSSR count). The fourth-order valence-corrected chi connectivity index (χ4v) is 1.48. The topological polar surface area (TPSA) is 3.24 Å². The lowest BCUT2D eigenvalue weighted by Crippen LogP contribution is -2.43. The van der Waals surface area contributed by atoms with Crippen LogP contribution in [0.1, 0.15) is 6.92 Å². The molecule has 1 nitrogen and oxygen atoms in total. The summed E-state index contributed by atoms with van der Waals surface area (Å²) in [6.45, 7) is 4.94. The van der Waals surface area contributed by atoms with Crippen molar-refractivity contribution < 1.29 is 0 Å². The highest BCUT2D eigenvalue weighted by Gasteiger charge is 2.19. The molecule has 0 spiro atoms. The summed E-state index contributed by atoms with van der Waals surface area (Å²) in [5, 5.41) is 0. The van der Waals surface area contributed by atoms with Gasteiger partial charge in [0.1, 0.15) is 0 Å². The molecule has 0 radical (unpaired) electrons. The highest BCUT2D eigenvalue weighted by molar-refractivity contribution is 14.1. The van der Waals surface area contributed by atoms with Gasteiger partial charge in [0.25, 0.3) is 0 Å². The summed E-state index contributed by atoms with van der Waals surface area (Å²) in [6, 6.07) is 0. The number of halogens is 1. The lowest BCUT2D eigenvalue weighted by molar-refractivity contribution is 0.145. The predicted molar refractivity (Wildman–Crippen MR) is 39.6 cm³/mol. The van der Waals surface area contributed by atoms with Gasteiger partial charge >= 0.3 is 0 Å². The first kappa shape index (κ1) is 5.82. The van der Waals surface area contributed by atoms with Crippen LogP contribution in [0.4, 0.5) is 0 Å². The first-order valence-corrected chi connectivity index (χ1v) is 4.14. The average Bonchev–Trinajstić information content (AvgIpc) is 1.58. The van der Waals surface area contributed by atoms with Gasteiger partial charge in [-0.1, -0.05) is 29.5 Å². The predicted octanol–water partition coefficient (Wildman–Crippen LogP) is 1.33. The summed E-state index contributed by atoms with van der Waals surface area (Å²) in [4.78, 5) is 2.44. The fraction of sp³-hybridized carbons (Fsp3) is 1.00. The molecule has 0 aromatic carbocycles. The quantitative estimate of drug-likeness (QED) is 0.359. The van der Waals surface area contributed by atoms with Crippen LogP contribution in [0, 0.1) is 5.92 Å². The molecule has 0 atom stereocenters. The van der Waals surface area contributed by atoms with E-state index in [0.717, 1.165) is 5.92 Å². The minimum absolute atomic E-state index is 0.967. The summed E-state index contributed by atoms with van der Waals surface area (Å²) in [5.74, 6) is 0.967. The molecule has 1 fully saturated rings. The van der Waals surface area contributed by atoms with Crippen molar-refractivity contribution in [3.8, 4) is 0 Å². The van der Waals surface area contributed by atoms with Crippen molar-refractivity contribution in [2.75, 3.05) is 17.6 Å². The average molecular weight is 211 g/mol. The second-order valence-corrected chi connectivity index (χ2v) is 2.94. The molecule has 1 heterocycles. The normalized spacial score (nSPS) is 24.9. The molecule has 1 saturated heterocycles. The summed E-state index contributed by atoms with van der Waals surface area (Å²) >= 11 is 2.40. The second-order valence-electron chi connectivity index (χ2n) is 2.26. The lowest BCUT2D eigenvalue weighted by atomic mass is 10.1. The van der Waals surface area contributed by atoms with Crippen molar-refractivity contribution in [2.24, 2.45) is 5.92 Å². The van der Waals surface area contributed by atoms with Crippen LogP contribution < -0.4 is 0 Å². The van der Waals surface area contributed by atoms with Crippen LogP contribution in [0.3, 0.4) is 0 Å². The molecule has 2 heteroatoms. The van der Waals surface area contributed by atoms with Crippen LogP contribution in [0.15, 0.2) is 0 Å². The van der Waals surface area contributed by atoms with Crippen LogP contribution in [-0.4, -0.2) is 22.5 Å². The third-order valence-corrected chi connectivity index (χ3v) is 2.27. The Bertz CT molecular complexity index is 59.1. The Balaban J connectivity index is 2.06. The van der Waals surface area contributed by atoms with Gasteiger partial charge in [-0.05, 0) is 5.92 Å². The molecule has 0 amide bonds. The van der Waals surface area contributed by atoms with E-state index < -0.39 is 0 Å². The molecule has 0 N–H and O–H groups in total. The minimum Gasteiger partial charge on any atom is -0.294 e. The molecule has 1 aliphatic heterocycles. The van der Waals surface area contributed by atoms with E-state index in [4.69, 9.17) is 0 Å². The summed E-state index contributed by atoms with van der Waals surface area (Å²) in [7, 11) is 0. The van der Waals surface area contributed by atoms with Gasteiger partial charge in [-0.2, -0.15) is 0 Å². The van der Waals surface area contributed by atoms with E-state index >= 15 is 0 Å². The van der Waals surface area contributed by atoms with E-state index in [1.807, 2.05) is 0 Å². The molecular weight excluding hydrogens is 201 g/mol. The second kappa shape index (κ2) is 2.31. The van der Waals surface area contributed by atoms with Gasteiger partial charge in [0, 0.05) is 13.1 Å².